The van der Waals surface area contributed by atoms with Crippen LogP contribution in [0.4, 0.5) is 0 Å². The number of rotatable bonds is 5. The molecule has 0 aliphatic rings. The third-order valence-electron chi connectivity index (χ3n) is 2.46. The first-order chi connectivity index (χ1) is 8.66. The molecule has 2 rings (SSSR count). The molecule has 2 aromatic rings. The van der Waals surface area contributed by atoms with Gasteiger partial charge in [-0.25, -0.2) is 9.67 Å². The molecule has 2 heterocycles. The minimum Gasteiger partial charge on any atom is -0.294 e. The monoisotopic (exact) mass is 245 g/mol. The molecule has 0 radical (unpaired) electrons. The molecular formula is C12H15N5O. The lowest BCUT2D eigenvalue weighted by Crippen LogP contribution is -2.14. The van der Waals surface area contributed by atoms with Crippen molar-refractivity contribution in [1.29, 1.82) is 0 Å². The molecule has 0 bridgehead atoms. The zero-order valence-corrected chi connectivity index (χ0v) is 10.4. The summed E-state index contributed by atoms with van der Waals surface area (Å²) in [5.74, 6) is 1.12. The van der Waals surface area contributed by atoms with Gasteiger partial charge in [-0.3, -0.25) is 4.79 Å². The second kappa shape index (κ2) is 5.48. The van der Waals surface area contributed by atoms with Crippen LogP contribution in [0.5, 0.6) is 0 Å². The molecular weight excluding hydrogens is 230 g/mol. The van der Waals surface area contributed by atoms with Crippen molar-refractivity contribution in [2.45, 2.75) is 26.8 Å². The van der Waals surface area contributed by atoms with Crippen LogP contribution in [0.1, 0.15) is 30.0 Å². The van der Waals surface area contributed by atoms with Gasteiger partial charge in [0.2, 0.25) is 0 Å². The van der Waals surface area contributed by atoms with E-state index in [9.17, 15) is 4.79 Å². The summed E-state index contributed by atoms with van der Waals surface area (Å²) in [4.78, 5) is 16.1. The quantitative estimate of drug-likeness (QED) is 0.739. The van der Waals surface area contributed by atoms with Crippen molar-refractivity contribution in [3.8, 4) is 0 Å². The van der Waals surface area contributed by atoms with Gasteiger partial charge in [0.25, 0.3) is 0 Å². The van der Waals surface area contributed by atoms with Gasteiger partial charge in [0.15, 0.2) is 5.78 Å². The molecule has 0 aliphatic carbocycles. The largest absolute Gasteiger partial charge is 0.294 e. The SMILES string of the molecule is CC(C)Cn1ncnc1CC(=O)c1ccnnc1. The highest BCUT2D eigenvalue weighted by Gasteiger charge is 2.13. The highest BCUT2D eigenvalue weighted by atomic mass is 16.1. The van der Waals surface area contributed by atoms with Gasteiger partial charge in [-0.05, 0) is 12.0 Å². The molecule has 2 aromatic heterocycles. The third-order valence-corrected chi connectivity index (χ3v) is 2.46. The van der Waals surface area contributed by atoms with E-state index in [0.29, 0.717) is 17.3 Å². The maximum Gasteiger partial charge on any atom is 0.172 e. The van der Waals surface area contributed by atoms with Gasteiger partial charge >= 0.3 is 0 Å². The van der Waals surface area contributed by atoms with Crippen molar-refractivity contribution >= 4 is 5.78 Å². The van der Waals surface area contributed by atoms with Crippen LogP contribution >= 0.6 is 0 Å². The number of ketones is 1. The molecule has 18 heavy (non-hydrogen) atoms. The fourth-order valence-electron chi connectivity index (χ4n) is 1.62. The first-order valence-electron chi connectivity index (χ1n) is 5.83. The summed E-state index contributed by atoms with van der Waals surface area (Å²) in [5.41, 5.74) is 0.545. The molecule has 0 saturated carbocycles. The fourth-order valence-corrected chi connectivity index (χ4v) is 1.62. The molecule has 0 unspecified atom stereocenters. The van der Waals surface area contributed by atoms with E-state index in [1.165, 1.54) is 18.7 Å². The average Bonchev–Trinajstić information content (AvgIpc) is 2.77. The number of nitrogens with zero attached hydrogens (tertiary/aromatic N) is 5. The van der Waals surface area contributed by atoms with Crippen molar-refractivity contribution in [3.63, 3.8) is 0 Å². The van der Waals surface area contributed by atoms with Gasteiger partial charge in [-0.15, -0.1) is 0 Å². The smallest absolute Gasteiger partial charge is 0.172 e. The van der Waals surface area contributed by atoms with Gasteiger partial charge in [0, 0.05) is 12.1 Å². The number of Topliss-reactive ketones (excluding diaryl/α,β-unsaturated/α-hetero) is 1. The Morgan fingerprint density at radius 2 is 2.22 bits per heavy atom. The van der Waals surface area contributed by atoms with Crippen LogP contribution in [0.25, 0.3) is 0 Å². The Morgan fingerprint density at radius 3 is 2.89 bits per heavy atom. The molecule has 6 heteroatoms. The van der Waals surface area contributed by atoms with Crippen LogP contribution in [-0.4, -0.2) is 30.7 Å². The Morgan fingerprint density at radius 1 is 1.39 bits per heavy atom. The molecule has 6 nitrogen and oxygen atoms in total. The number of hydrogen-bond donors (Lipinski definition) is 0. The van der Waals surface area contributed by atoms with Crippen LogP contribution in [0.3, 0.4) is 0 Å². The molecule has 0 saturated heterocycles. The number of carbonyl (C=O) groups is 1. The van der Waals surface area contributed by atoms with Gasteiger partial charge in [-0.2, -0.15) is 15.3 Å². The zero-order chi connectivity index (χ0) is 13.0. The lowest BCUT2D eigenvalue weighted by atomic mass is 10.1. The molecule has 0 fully saturated rings. The van der Waals surface area contributed by atoms with Gasteiger partial charge in [0.1, 0.15) is 12.2 Å². The molecule has 0 aliphatic heterocycles. The Hall–Kier alpha value is -2.11. The molecule has 0 atom stereocenters. The first-order valence-corrected chi connectivity index (χ1v) is 5.83. The Kier molecular flexibility index (Phi) is 3.76. The van der Waals surface area contributed by atoms with E-state index in [1.54, 1.807) is 10.7 Å². The van der Waals surface area contributed by atoms with Gasteiger partial charge in [0.05, 0.1) is 18.8 Å². The molecule has 0 amide bonds. The van der Waals surface area contributed by atoms with E-state index >= 15 is 0 Å². The summed E-state index contributed by atoms with van der Waals surface area (Å²) in [7, 11) is 0. The van der Waals surface area contributed by atoms with Crippen LogP contribution in [0, 0.1) is 5.92 Å². The predicted octanol–water partition coefficient (Wildman–Crippen LogP) is 1.15. The van der Waals surface area contributed by atoms with Crippen molar-refractivity contribution in [2.75, 3.05) is 0 Å². The van der Waals surface area contributed by atoms with E-state index in [-0.39, 0.29) is 12.2 Å². The normalized spacial score (nSPS) is 10.8. The van der Waals surface area contributed by atoms with Crippen LogP contribution < -0.4 is 0 Å². The highest BCUT2D eigenvalue weighted by molar-refractivity contribution is 5.96. The molecule has 0 spiro atoms. The van der Waals surface area contributed by atoms with Crippen LogP contribution in [0.2, 0.25) is 0 Å². The second-order valence-electron chi connectivity index (χ2n) is 4.48. The van der Waals surface area contributed by atoms with E-state index in [4.69, 9.17) is 0 Å². The summed E-state index contributed by atoms with van der Waals surface area (Å²) >= 11 is 0. The lowest BCUT2D eigenvalue weighted by molar-refractivity contribution is 0.0988. The Bertz CT molecular complexity index is 520. The van der Waals surface area contributed by atoms with E-state index in [2.05, 4.69) is 34.1 Å². The molecule has 94 valence electrons. The number of hydrogen-bond acceptors (Lipinski definition) is 5. The van der Waals surface area contributed by atoms with Crippen molar-refractivity contribution in [1.82, 2.24) is 25.0 Å². The highest BCUT2D eigenvalue weighted by Crippen LogP contribution is 2.06. The number of carbonyl (C=O) groups excluding carboxylic acids is 1. The maximum atomic E-state index is 12.0. The average molecular weight is 245 g/mol. The van der Waals surface area contributed by atoms with Crippen molar-refractivity contribution in [3.05, 3.63) is 36.2 Å². The van der Waals surface area contributed by atoms with Crippen LogP contribution in [-0.2, 0) is 13.0 Å². The number of aromatic nitrogens is 5. The minimum absolute atomic E-state index is 0.0251. The summed E-state index contributed by atoms with van der Waals surface area (Å²) in [6, 6.07) is 1.65. The van der Waals surface area contributed by atoms with E-state index in [1.807, 2.05) is 0 Å². The van der Waals surface area contributed by atoms with Crippen LogP contribution in [0.15, 0.2) is 24.8 Å². The van der Waals surface area contributed by atoms with E-state index < -0.39 is 0 Å². The second-order valence-corrected chi connectivity index (χ2v) is 4.48. The fraction of sp³-hybridized carbons (Fsp3) is 0.417. The van der Waals surface area contributed by atoms with Crippen molar-refractivity contribution in [2.24, 2.45) is 5.92 Å². The summed E-state index contributed by atoms with van der Waals surface area (Å²) in [6.07, 6.45) is 4.69. The summed E-state index contributed by atoms with van der Waals surface area (Å²) in [5, 5.41) is 11.5. The predicted molar refractivity (Wildman–Crippen MR) is 64.9 cm³/mol. The van der Waals surface area contributed by atoms with E-state index in [0.717, 1.165) is 6.54 Å². The minimum atomic E-state index is -0.0251. The Labute approximate surface area is 105 Å². The van der Waals surface area contributed by atoms with Gasteiger partial charge < -0.3 is 0 Å². The van der Waals surface area contributed by atoms with Gasteiger partial charge in [-0.1, -0.05) is 13.8 Å². The van der Waals surface area contributed by atoms with Crippen molar-refractivity contribution < 1.29 is 4.79 Å². The third kappa shape index (κ3) is 2.97. The molecule has 0 N–H and O–H groups in total. The maximum absolute atomic E-state index is 12.0. The molecule has 0 aromatic carbocycles. The topological polar surface area (TPSA) is 73.6 Å². The zero-order valence-electron chi connectivity index (χ0n) is 10.4. The standard InChI is InChI=1S/C12H15N5O/c1-9(2)7-17-12(13-8-16-17)5-11(18)10-3-4-14-15-6-10/h3-4,6,8-9H,5,7H2,1-2H3. The summed E-state index contributed by atoms with van der Waals surface area (Å²) < 4.78 is 1.77. The lowest BCUT2D eigenvalue weighted by Gasteiger charge is -2.07. The first kappa shape index (κ1) is 12.3. The Balaban J connectivity index is 2.10. The summed E-state index contributed by atoms with van der Waals surface area (Å²) in [6.45, 7) is 4.96.